The van der Waals surface area contributed by atoms with Crippen LogP contribution in [-0.4, -0.2) is 37.9 Å². The Labute approximate surface area is 125 Å². The van der Waals surface area contributed by atoms with Gasteiger partial charge in [0.1, 0.15) is 5.60 Å². The second-order valence-electron chi connectivity index (χ2n) is 5.30. The summed E-state index contributed by atoms with van der Waals surface area (Å²) in [4.78, 5) is 23.9. The fourth-order valence-corrected chi connectivity index (χ4v) is 1.82. The van der Waals surface area contributed by atoms with E-state index in [4.69, 9.17) is 9.47 Å². The SMILES string of the molecule is COC(=O)C(OC(=O)Cc1ccccc1C)C(C)(C)OC. The van der Waals surface area contributed by atoms with Gasteiger partial charge in [0.2, 0.25) is 6.10 Å². The van der Waals surface area contributed by atoms with Crippen molar-refractivity contribution in [1.82, 2.24) is 0 Å². The minimum atomic E-state index is -1.11. The molecule has 1 unspecified atom stereocenters. The van der Waals surface area contributed by atoms with Gasteiger partial charge in [0, 0.05) is 7.11 Å². The fourth-order valence-electron chi connectivity index (χ4n) is 1.82. The van der Waals surface area contributed by atoms with Gasteiger partial charge in [-0.3, -0.25) is 4.79 Å². The molecule has 5 heteroatoms. The second-order valence-corrected chi connectivity index (χ2v) is 5.30. The van der Waals surface area contributed by atoms with E-state index < -0.39 is 23.6 Å². The number of esters is 2. The molecule has 0 saturated carbocycles. The molecule has 5 nitrogen and oxygen atoms in total. The molecule has 0 aliphatic heterocycles. The maximum atomic E-state index is 12.1. The summed E-state index contributed by atoms with van der Waals surface area (Å²) in [6.45, 7) is 5.24. The van der Waals surface area contributed by atoms with E-state index in [9.17, 15) is 9.59 Å². The molecule has 116 valence electrons. The van der Waals surface area contributed by atoms with Gasteiger partial charge in [-0.15, -0.1) is 0 Å². The van der Waals surface area contributed by atoms with Crippen molar-refractivity contribution in [2.45, 2.75) is 38.9 Å². The lowest BCUT2D eigenvalue weighted by atomic mass is 10.0. The third kappa shape index (κ3) is 4.56. The molecule has 1 atom stereocenters. The molecule has 0 heterocycles. The first-order chi connectivity index (χ1) is 9.81. The second kappa shape index (κ2) is 7.22. The van der Waals surface area contributed by atoms with Gasteiger partial charge in [0.05, 0.1) is 13.5 Å². The quantitative estimate of drug-likeness (QED) is 0.751. The maximum absolute atomic E-state index is 12.1. The first-order valence-electron chi connectivity index (χ1n) is 6.68. The van der Waals surface area contributed by atoms with Crippen LogP contribution in [0.1, 0.15) is 25.0 Å². The fraction of sp³-hybridized carbons (Fsp3) is 0.500. The first kappa shape index (κ1) is 17.2. The zero-order valence-electron chi connectivity index (χ0n) is 13.1. The first-order valence-corrected chi connectivity index (χ1v) is 6.68. The van der Waals surface area contributed by atoms with E-state index in [1.165, 1.54) is 14.2 Å². The van der Waals surface area contributed by atoms with E-state index in [2.05, 4.69) is 4.74 Å². The van der Waals surface area contributed by atoms with Crippen molar-refractivity contribution < 1.29 is 23.8 Å². The summed E-state index contributed by atoms with van der Waals surface area (Å²) >= 11 is 0. The molecule has 0 aliphatic carbocycles. The Kier molecular flexibility index (Phi) is 5.90. The molecule has 0 N–H and O–H groups in total. The van der Waals surface area contributed by atoms with Gasteiger partial charge in [-0.25, -0.2) is 4.79 Å². The summed E-state index contributed by atoms with van der Waals surface area (Å²) in [5.74, 6) is -1.13. The van der Waals surface area contributed by atoms with E-state index in [0.29, 0.717) is 0 Å². The van der Waals surface area contributed by atoms with Crippen LogP contribution in [0.3, 0.4) is 0 Å². The van der Waals surface area contributed by atoms with Crippen molar-refractivity contribution in [2.24, 2.45) is 0 Å². The molecule has 0 radical (unpaired) electrons. The number of ether oxygens (including phenoxy) is 3. The summed E-state index contributed by atoms with van der Waals surface area (Å²) in [5, 5.41) is 0. The van der Waals surface area contributed by atoms with Gasteiger partial charge in [-0.1, -0.05) is 24.3 Å². The summed E-state index contributed by atoms with van der Waals surface area (Å²) in [6, 6.07) is 7.52. The number of hydrogen-bond donors (Lipinski definition) is 0. The van der Waals surface area contributed by atoms with Crippen LogP contribution in [0.15, 0.2) is 24.3 Å². The van der Waals surface area contributed by atoms with Crippen LogP contribution in [0.25, 0.3) is 0 Å². The number of aryl methyl sites for hydroxylation is 1. The molecule has 0 amide bonds. The maximum Gasteiger partial charge on any atom is 0.350 e. The molecular formula is C16H22O5. The van der Waals surface area contributed by atoms with Crippen molar-refractivity contribution >= 4 is 11.9 Å². The number of rotatable bonds is 6. The topological polar surface area (TPSA) is 61.8 Å². The summed E-state index contributed by atoms with van der Waals surface area (Å²) in [5.41, 5.74) is 0.894. The van der Waals surface area contributed by atoms with Crippen molar-refractivity contribution in [1.29, 1.82) is 0 Å². The molecule has 1 rings (SSSR count). The smallest absolute Gasteiger partial charge is 0.350 e. The highest BCUT2D eigenvalue weighted by Gasteiger charge is 2.39. The van der Waals surface area contributed by atoms with Crippen LogP contribution >= 0.6 is 0 Å². The van der Waals surface area contributed by atoms with Crippen molar-refractivity contribution in [3.8, 4) is 0 Å². The van der Waals surface area contributed by atoms with Gasteiger partial charge in [-0.2, -0.15) is 0 Å². The van der Waals surface area contributed by atoms with E-state index in [0.717, 1.165) is 11.1 Å². The van der Waals surface area contributed by atoms with Crippen LogP contribution in [-0.2, 0) is 30.2 Å². The largest absolute Gasteiger partial charge is 0.466 e. The van der Waals surface area contributed by atoms with Crippen LogP contribution in [0.2, 0.25) is 0 Å². The zero-order valence-corrected chi connectivity index (χ0v) is 13.1. The Bertz CT molecular complexity index is 507. The minimum absolute atomic E-state index is 0.0972. The molecule has 1 aromatic carbocycles. The third-order valence-corrected chi connectivity index (χ3v) is 3.42. The van der Waals surface area contributed by atoms with Crippen LogP contribution < -0.4 is 0 Å². The van der Waals surface area contributed by atoms with Crippen LogP contribution in [0.5, 0.6) is 0 Å². The van der Waals surface area contributed by atoms with Gasteiger partial charge >= 0.3 is 11.9 Å². The van der Waals surface area contributed by atoms with E-state index in [1.807, 2.05) is 31.2 Å². The van der Waals surface area contributed by atoms with E-state index in [-0.39, 0.29) is 6.42 Å². The summed E-state index contributed by atoms with van der Waals surface area (Å²) < 4.78 is 15.2. The molecule has 0 bridgehead atoms. The van der Waals surface area contributed by atoms with Gasteiger partial charge in [0.15, 0.2) is 0 Å². The van der Waals surface area contributed by atoms with Crippen LogP contribution in [0.4, 0.5) is 0 Å². The zero-order chi connectivity index (χ0) is 16.0. The minimum Gasteiger partial charge on any atom is -0.466 e. The molecule has 21 heavy (non-hydrogen) atoms. The Morgan fingerprint density at radius 3 is 2.33 bits per heavy atom. The Morgan fingerprint density at radius 2 is 1.81 bits per heavy atom. The number of carbonyl (C=O) groups excluding carboxylic acids is 2. The predicted octanol–water partition coefficient (Wildman–Crippen LogP) is 2.05. The van der Waals surface area contributed by atoms with Crippen LogP contribution in [0, 0.1) is 6.92 Å². The van der Waals surface area contributed by atoms with Crippen molar-refractivity contribution in [3.63, 3.8) is 0 Å². The average molecular weight is 294 g/mol. The lowest BCUT2D eigenvalue weighted by Gasteiger charge is -2.30. The highest BCUT2D eigenvalue weighted by molar-refractivity contribution is 5.81. The van der Waals surface area contributed by atoms with Crippen molar-refractivity contribution in [3.05, 3.63) is 35.4 Å². The number of benzene rings is 1. The predicted molar refractivity (Wildman–Crippen MR) is 77.9 cm³/mol. The normalized spacial score (nSPS) is 12.6. The lowest BCUT2D eigenvalue weighted by molar-refractivity contribution is -0.184. The third-order valence-electron chi connectivity index (χ3n) is 3.42. The van der Waals surface area contributed by atoms with E-state index in [1.54, 1.807) is 13.8 Å². The van der Waals surface area contributed by atoms with Gasteiger partial charge in [0.25, 0.3) is 0 Å². The average Bonchev–Trinajstić information content (AvgIpc) is 2.46. The van der Waals surface area contributed by atoms with Gasteiger partial charge in [-0.05, 0) is 31.9 Å². The lowest BCUT2D eigenvalue weighted by Crippen LogP contribution is -2.47. The summed E-state index contributed by atoms with van der Waals surface area (Å²) in [6.07, 6.45) is -1.01. The highest BCUT2D eigenvalue weighted by Crippen LogP contribution is 2.19. The van der Waals surface area contributed by atoms with Crippen molar-refractivity contribution in [2.75, 3.05) is 14.2 Å². The Balaban J connectivity index is 2.82. The molecule has 1 aromatic rings. The monoisotopic (exact) mass is 294 g/mol. The van der Waals surface area contributed by atoms with E-state index >= 15 is 0 Å². The molecule has 0 aliphatic rings. The number of carbonyl (C=O) groups is 2. The molecule has 0 spiro atoms. The van der Waals surface area contributed by atoms with Gasteiger partial charge < -0.3 is 14.2 Å². The standard InChI is InChI=1S/C16H22O5/c1-11-8-6-7-9-12(11)10-13(17)21-14(15(18)19-4)16(2,3)20-5/h6-9,14H,10H2,1-5H3. The number of hydrogen-bond acceptors (Lipinski definition) is 5. The molecule has 0 saturated heterocycles. The Hall–Kier alpha value is -1.88. The molecule has 0 fully saturated rings. The Morgan fingerprint density at radius 1 is 1.19 bits per heavy atom. The summed E-state index contributed by atoms with van der Waals surface area (Å²) in [7, 11) is 2.70. The molecular weight excluding hydrogens is 272 g/mol. The molecule has 0 aromatic heterocycles. The number of methoxy groups -OCH3 is 2. The highest BCUT2D eigenvalue weighted by atomic mass is 16.6.